The highest BCUT2D eigenvalue weighted by Crippen LogP contribution is 2.18. The molecule has 1 atom stereocenters. The van der Waals surface area contributed by atoms with Crippen molar-refractivity contribution in [2.45, 2.75) is 38.6 Å². The molecule has 16 heavy (non-hydrogen) atoms. The zero-order chi connectivity index (χ0) is 12.0. The van der Waals surface area contributed by atoms with Crippen molar-refractivity contribution in [2.24, 2.45) is 0 Å². The lowest BCUT2D eigenvalue weighted by Crippen LogP contribution is -2.48. The second-order valence-electron chi connectivity index (χ2n) is 3.88. The lowest BCUT2D eigenvalue weighted by Gasteiger charge is -2.33. The van der Waals surface area contributed by atoms with Crippen LogP contribution < -0.4 is 0 Å². The third kappa shape index (κ3) is 3.48. The molecule has 0 radical (unpaired) electrons. The van der Waals surface area contributed by atoms with E-state index >= 15 is 0 Å². The Morgan fingerprint density at radius 1 is 1.44 bits per heavy atom. The Balaban J connectivity index is 2.47. The van der Waals surface area contributed by atoms with Gasteiger partial charge in [0.15, 0.2) is 0 Å². The lowest BCUT2D eigenvalue weighted by atomic mass is 10.0. The molecule has 5 nitrogen and oxygen atoms in total. The van der Waals surface area contributed by atoms with Crippen LogP contribution in [0.2, 0.25) is 0 Å². The van der Waals surface area contributed by atoms with Crippen LogP contribution in [0.5, 0.6) is 0 Å². The standard InChI is InChI=1S/C11H19NO4/c1-2-16-8-6-10(13)12-7-4-3-5-9(12)11(14)15/h9H,2-8H2,1H3,(H,14,15)/t9-/m1/s1. The quantitative estimate of drug-likeness (QED) is 0.711. The van der Waals surface area contributed by atoms with Gasteiger partial charge in [0.2, 0.25) is 5.91 Å². The Kier molecular flexibility index (Phi) is 5.25. The van der Waals surface area contributed by atoms with Crippen molar-refractivity contribution in [3.05, 3.63) is 0 Å². The summed E-state index contributed by atoms with van der Waals surface area (Å²) in [7, 11) is 0. The van der Waals surface area contributed by atoms with E-state index < -0.39 is 12.0 Å². The number of likely N-dealkylation sites (tertiary alicyclic amines) is 1. The van der Waals surface area contributed by atoms with Crippen molar-refractivity contribution in [1.82, 2.24) is 4.90 Å². The normalized spacial score (nSPS) is 20.8. The second kappa shape index (κ2) is 6.48. The van der Waals surface area contributed by atoms with Gasteiger partial charge in [0.05, 0.1) is 13.0 Å². The van der Waals surface area contributed by atoms with E-state index in [0.717, 1.165) is 12.8 Å². The third-order valence-electron chi connectivity index (χ3n) is 2.77. The van der Waals surface area contributed by atoms with Crippen LogP contribution in [-0.2, 0) is 14.3 Å². The average Bonchev–Trinajstić information content (AvgIpc) is 2.29. The molecule has 0 aromatic rings. The fourth-order valence-corrected chi connectivity index (χ4v) is 1.93. The fraction of sp³-hybridized carbons (Fsp3) is 0.818. The minimum Gasteiger partial charge on any atom is -0.480 e. The smallest absolute Gasteiger partial charge is 0.326 e. The molecular formula is C11H19NO4. The molecule has 0 aliphatic carbocycles. The van der Waals surface area contributed by atoms with Crippen LogP contribution in [0.1, 0.15) is 32.6 Å². The maximum atomic E-state index is 11.8. The monoisotopic (exact) mass is 229 g/mol. The molecule has 0 bridgehead atoms. The van der Waals surface area contributed by atoms with Crippen molar-refractivity contribution >= 4 is 11.9 Å². The SMILES string of the molecule is CCOCCC(=O)N1CCCC[C@@H]1C(=O)O. The molecule has 1 rings (SSSR count). The topological polar surface area (TPSA) is 66.8 Å². The Morgan fingerprint density at radius 2 is 2.19 bits per heavy atom. The van der Waals surface area contributed by atoms with Crippen molar-refractivity contribution in [3.63, 3.8) is 0 Å². The Labute approximate surface area is 95.4 Å². The molecule has 5 heteroatoms. The Morgan fingerprint density at radius 3 is 2.81 bits per heavy atom. The first-order chi connectivity index (χ1) is 7.66. The first kappa shape index (κ1) is 13.0. The van der Waals surface area contributed by atoms with E-state index in [9.17, 15) is 9.59 Å². The molecule has 1 aliphatic rings. The van der Waals surface area contributed by atoms with E-state index in [1.807, 2.05) is 6.92 Å². The number of carbonyl (C=O) groups is 2. The zero-order valence-electron chi connectivity index (χ0n) is 9.65. The summed E-state index contributed by atoms with van der Waals surface area (Å²) >= 11 is 0. The molecule has 1 fully saturated rings. The van der Waals surface area contributed by atoms with Gasteiger partial charge in [-0.15, -0.1) is 0 Å². The van der Waals surface area contributed by atoms with Crippen molar-refractivity contribution in [2.75, 3.05) is 19.8 Å². The van der Waals surface area contributed by atoms with E-state index in [4.69, 9.17) is 9.84 Å². The summed E-state index contributed by atoms with van der Waals surface area (Å²) in [5, 5.41) is 9.00. The summed E-state index contributed by atoms with van der Waals surface area (Å²) in [5.74, 6) is -1.01. The van der Waals surface area contributed by atoms with Crippen LogP contribution >= 0.6 is 0 Å². The number of rotatable bonds is 5. The highest BCUT2D eigenvalue weighted by Gasteiger charge is 2.31. The van der Waals surface area contributed by atoms with Gasteiger partial charge in [-0.3, -0.25) is 4.79 Å². The molecule has 1 N–H and O–H groups in total. The lowest BCUT2D eigenvalue weighted by molar-refractivity contribution is -0.152. The summed E-state index contributed by atoms with van der Waals surface area (Å²) in [6, 6.07) is -0.636. The van der Waals surface area contributed by atoms with Gasteiger partial charge in [0, 0.05) is 13.2 Å². The number of amides is 1. The van der Waals surface area contributed by atoms with Crippen LogP contribution in [-0.4, -0.2) is 47.7 Å². The van der Waals surface area contributed by atoms with Crippen molar-refractivity contribution in [3.8, 4) is 0 Å². The van der Waals surface area contributed by atoms with Crippen molar-refractivity contribution < 1.29 is 19.4 Å². The number of carboxylic acids is 1. The highest BCUT2D eigenvalue weighted by molar-refractivity contribution is 5.83. The second-order valence-corrected chi connectivity index (χ2v) is 3.88. The minimum atomic E-state index is -0.899. The average molecular weight is 229 g/mol. The molecule has 1 heterocycles. The van der Waals surface area contributed by atoms with Gasteiger partial charge in [0.1, 0.15) is 6.04 Å². The molecule has 0 spiro atoms. The van der Waals surface area contributed by atoms with Crippen LogP contribution in [0.15, 0.2) is 0 Å². The van der Waals surface area contributed by atoms with Crippen LogP contribution in [0.3, 0.4) is 0 Å². The number of hydrogen-bond acceptors (Lipinski definition) is 3. The summed E-state index contributed by atoms with van der Waals surface area (Å²) in [5.41, 5.74) is 0. The molecule has 0 aromatic carbocycles. The molecule has 92 valence electrons. The van der Waals surface area contributed by atoms with Crippen LogP contribution in [0.4, 0.5) is 0 Å². The summed E-state index contributed by atoms with van der Waals surface area (Å²) in [4.78, 5) is 24.2. The molecule has 0 saturated carbocycles. The third-order valence-corrected chi connectivity index (χ3v) is 2.77. The van der Waals surface area contributed by atoms with Gasteiger partial charge in [0.25, 0.3) is 0 Å². The van der Waals surface area contributed by atoms with E-state index in [1.165, 1.54) is 4.90 Å². The van der Waals surface area contributed by atoms with Crippen LogP contribution in [0.25, 0.3) is 0 Å². The van der Waals surface area contributed by atoms with E-state index in [0.29, 0.717) is 26.2 Å². The Hall–Kier alpha value is -1.10. The number of carboxylic acid groups (broad SMARTS) is 1. The largest absolute Gasteiger partial charge is 0.480 e. The minimum absolute atomic E-state index is 0.111. The van der Waals surface area contributed by atoms with Crippen LogP contribution in [0, 0.1) is 0 Å². The Bertz CT molecular complexity index is 254. The molecule has 0 unspecified atom stereocenters. The number of aliphatic carboxylic acids is 1. The van der Waals surface area contributed by atoms with Gasteiger partial charge >= 0.3 is 5.97 Å². The molecule has 1 amide bonds. The number of ether oxygens (including phenoxy) is 1. The molecular weight excluding hydrogens is 210 g/mol. The van der Waals surface area contributed by atoms with E-state index in [2.05, 4.69) is 0 Å². The summed E-state index contributed by atoms with van der Waals surface area (Å²) in [6.07, 6.45) is 2.61. The predicted octanol–water partition coefficient (Wildman–Crippen LogP) is 0.879. The van der Waals surface area contributed by atoms with Gasteiger partial charge in [-0.25, -0.2) is 4.79 Å². The van der Waals surface area contributed by atoms with Gasteiger partial charge in [-0.05, 0) is 26.2 Å². The highest BCUT2D eigenvalue weighted by atomic mass is 16.5. The number of carbonyl (C=O) groups excluding carboxylic acids is 1. The van der Waals surface area contributed by atoms with Gasteiger partial charge in [-0.2, -0.15) is 0 Å². The summed E-state index contributed by atoms with van der Waals surface area (Å²) < 4.78 is 5.10. The first-order valence-electron chi connectivity index (χ1n) is 5.76. The van der Waals surface area contributed by atoms with Gasteiger partial charge in [-0.1, -0.05) is 0 Å². The molecule has 0 aromatic heterocycles. The maximum Gasteiger partial charge on any atom is 0.326 e. The van der Waals surface area contributed by atoms with Gasteiger partial charge < -0.3 is 14.7 Å². The first-order valence-corrected chi connectivity index (χ1v) is 5.76. The summed E-state index contributed by atoms with van der Waals surface area (Å²) in [6.45, 7) is 3.38. The zero-order valence-corrected chi connectivity index (χ0v) is 9.65. The van der Waals surface area contributed by atoms with Crippen molar-refractivity contribution in [1.29, 1.82) is 0 Å². The van der Waals surface area contributed by atoms with E-state index in [1.54, 1.807) is 0 Å². The number of nitrogens with zero attached hydrogens (tertiary/aromatic N) is 1. The maximum absolute atomic E-state index is 11.8. The molecule has 1 aliphatic heterocycles. The number of hydrogen-bond donors (Lipinski definition) is 1. The predicted molar refractivity (Wildman–Crippen MR) is 58.1 cm³/mol. The fourth-order valence-electron chi connectivity index (χ4n) is 1.93. The number of piperidine rings is 1. The van der Waals surface area contributed by atoms with E-state index in [-0.39, 0.29) is 12.3 Å². The molecule has 1 saturated heterocycles.